The molecular formula is C17H22N2O4. The molecule has 1 aromatic rings. The van der Waals surface area contributed by atoms with Crippen LogP contribution in [0.5, 0.6) is 0 Å². The van der Waals surface area contributed by atoms with Gasteiger partial charge in [0, 0.05) is 38.2 Å². The summed E-state index contributed by atoms with van der Waals surface area (Å²) in [6, 6.07) is 3.87. The van der Waals surface area contributed by atoms with Crippen molar-refractivity contribution >= 4 is 17.9 Å². The fourth-order valence-electron chi connectivity index (χ4n) is 2.91. The Labute approximate surface area is 135 Å². The van der Waals surface area contributed by atoms with Crippen molar-refractivity contribution in [1.29, 1.82) is 0 Å². The Balaban J connectivity index is 1.51. The first-order chi connectivity index (χ1) is 11.1. The largest absolute Gasteiger partial charge is 0.461 e. The Kier molecular flexibility index (Phi) is 4.52. The minimum absolute atomic E-state index is 0.0844. The van der Waals surface area contributed by atoms with Crippen LogP contribution in [-0.2, 0) is 9.59 Å². The Morgan fingerprint density at radius 3 is 2.52 bits per heavy atom. The number of nitrogens with zero attached hydrogens (tertiary/aromatic N) is 2. The molecule has 0 spiro atoms. The van der Waals surface area contributed by atoms with E-state index in [1.54, 1.807) is 15.9 Å². The monoisotopic (exact) mass is 318 g/mol. The second kappa shape index (κ2) is 6.58. The third-order valence-corrected chi connectivity index (χ3v) is 4.59. The van der Waals surface area contributed by atoms with Crippen LogP contribution in [0.3, 0.4) is 0 Å². The highest BCUT2D eigenvalue weighted by Crippen LogP contribution is 2.47. The summed E-state index contributed by atoms with van der Waals surface area (Å²) in [6.45, 7) is 3.62. The molecule has 2 heterocycles. The van der Waals surface area contributed by atoms with E-state index in [0.717, 1.165) is 5.76 Å². The van der Waals surface area contributed by atoms with Gasteiger partial charge in [-0.05, 0) is 30.5 Å². The molecule has 6 nitrogen and oxygen atoms in total. The van der Waals surface area contributed by atoms with Crippen molar-refractivity contribution < 1.29 is 19.1 Å². The van der Waals surface area contributed by atoms with E-state index in [2.05, 4.69) is 6.92 Å². The first-order valence-corrected chi connectivity index (χ1v) is 8.04. The van der Waals surface area contributed by atoms with E-state index in [-0.39, 0.29) is 11.8 Å². The topological polar surface area (TPSA) is 74.0 Å². The van der Waals surface area contributed by atoms with Crippen molar-refractivity contribution in [3.05, 3.63) is 29.7 Å². The standard InChI is InChI=1S/C17H22N2O4/c1-12-10-14(12)15-4-2-13(23-15)3-5-16(21)18-6-8-19(9-7-18)17(22)11-20/h2-5,12,14,20H,6-11H2,1H3/b5-3+. The average molecular weight is 318 g/mol. The Morgan fingerprint density at radius 1 is 1.26 bits per heavy atom. The lowest BCUT2D eigenvalue weighted by atomic mass is 10.2. The molecule has 2 fully saturated rings. The fourth-order valence-corrected chi connectivity index (χ4v) is 2.91. The van der Waals surface area contributed by atoms with Gasteiger partial charge in [-0.25, -0.2) is 0 Å². The van der Waals surface area contributed by atoms with Crippen LogP contribution in [0, 0.1) is 5.92 Å². The van der Waals surface area contributed by atoms with Crippen molar-refractivity contribution in [1.82, 2.24) is 9.80 Å². The second-order valence-electron chi connectivity index (χ2n) is 6.26. The second-order valence-corrected chi connectivity index (χ2v) is 6.26. The summed E-state index contributed by atoms with van der Waals surface area (Å²) in [5.41, 5.74) is 0. The van der Waals surface area contributed by atoms with Crippen molar-refractivity contribution in [2.45, 2.75) is 19.3 Å². The van der Waals surface area contributed by atoms with Crippen LogP contribution in [0.2, 0.25) is 0 Å². The lowest BCUT2D eigenvalue weighted by Gasteiger charge is -2.33. The first-order valence-electron chi connectivity index (χ1n) is 8.04. The molecule has 3 rings (SSSR count). The highest BCUT2D eigenvalue weighted by atomic mass is 16.3. The maximum Gasteiger partial charge on any atom is 0.248 e. The summed E-state index contributed by atoms with van der Waals surface area (Å²) in [5, 5.41) is 8.84. The van der Waals surface area contributed by atoms with Gasteiger partial charge in [0.15, 0.2) is 0 Å². The van der Waals surface area contributed by atoms with Gasteiger partial charge >= 0.3 is 0 Å². The van der Waals surface area contributed by atoms with E-state index in [9.17, 15) is 9.59 Å². The number of aliphatic hydroxyl groups excluding tert-OH is 1. The number of carbonyl (C=O) groups excluding carboxylic acids is 2. The van der Waals surface area contributed by atoms with Gasteiger partial charge < -0.3 is 19.3 Å². The Bertz CT molecular complexity index is 614. The van der Waals surface area contributed by atoms with E-state index in [4.69, 9.17) is 9.52 Å². The zero-order valence-corrected chi connectivity index (χ0v) is 13.3. The van der Waals surface area contributed by atoms with Gasteiger partial charge in [0.1, 0.15) is 18.1 Å². The minimum atomic E-state index is -0.478. The van der Waals surface area contributed by atoms with Crippen LogP contribution >= 0.6 is 0 Å². The summed E-state index contributed by atoms with van der Waals surface area (Å²) < 4.78 is 5.74. The van der Waals surface area contributed by atoms with Crippen LogP contribution in [0.25, 0.3) is 6.08 Å². The van der Waals surface area contributed by atoms with E-state index in [1.807, 2.05) is 12.1 Å². The molecule has 1 saturated carbocycles. The van der Waals surface area contributed by atoms with E-state index >= 15 is 0 Å². The van der Waals surface area contributed by atoms with Crippen molar-refractivity contribution in [2.75, 3.05) is 32.8 Å². The van der Waals surface area contributed by atoms with Crippen molar-refractivity contribution in [3.8, 4) is 0 Å². The van der Waals surface area contributed by atoms with Crippen molar-refractivity contribution in [3.63, 3.8) is 0 Å². The van der Waals surface area contributed by atoms with Crippen LogP contribution in [0.4, 0.5) is 0 Å². The SMILES string of the molecule is CC1CC1c1ccc(/C=C/C(=O)N2CCN(C(=O)CO)CC2)o1. The molecular weight excluding hydrogens is 296 g/mol. The molecule has 0 bridgehead atoms. The van der Waals surface area contributed by atoms with E-state index in [0.29, 0.717) is 43.8 Å². The molecule has 124 valence electrons. The summed E-state index contributed by atoms with van der Waals surface area (Å²) in [6.07, 6.45) is 4.39. The molecule has 2 aliphatic rings. The molecule has 1 aliphatic carbocycles. The minimum Gasteiger partial charge on any atom is -0.461 e. The number of hydrogen-bond donors (Lipinski definition) is 1. The normalized spacial score (nSPS) is 24.3. The zero-order chi connectivity index (χ0) is 16.4. The van der Waals surface area contributed by atoms with Crippen molar-refractivity contribution in [2.24, 2.45) is 5.92 Å². The van der Waals surface area contributed by atoms with E-state index in [1.165, 1.54) is 12.5 Å². The highest BCUT2D eigenvalue weighted by molar-refractivity contribution is 5.91. The molecule has 1 N–H and O–H groups in total. The predicted molar refractivity (Wildman–Crippen MR) is 84.5 cm³/mol. The molecule has 2 unspecified atom stereocenters. The van der Waals surface area contributed by atoms with Crippen LogP contribution in [-0.4, -0.2) is 59.5 Å². The first kappa shape index (κ1) is 15.8. The molecule has 1 aliphatic heterocycles. The molecule has 1 aromatic heterocycles. The smallest absolute Gasteiger partial charge is 0.248 e. The molecule has 23 heavy (non-hydrogen) atoms. The molecule has 0 aromatic carbocycles. The summed E-state index contributed by atoms with van der Waals surface area (Å²) in [4.78, 5) is 26.8. The van der Waals surface area contributed by atoms with Crippen LogP contribution < -0.4 is 0 Å². The molecule has 6 heteroatoms. The van der Waals surface area contributed by atoms with Gasteiger partial charge in [0.2, 0.25) is 11.8 Å². The van der Waals surface area contributed by atoms with E-state index < -0.39 is 6.61 Å². The molecule has 1 saturated heterocycles. The van der Waals surface area contributed by atoms with Gasteiger partial charge in [0.25, 0.3) is 0 Å². The summed E-state index contributed by atoms with van der Waals surface area (Å²) in [7, 11) is 0. The molecule has 2 atom stereocenters. The quantitative estimate of drug-likeness (QED) is 0.843. The number of piperazine rings is 1. The number of amides is 2. The average Bonchev–Trinajstić information content (AvgIpc) is 3.12. The van der Waals surface area contributed by atoms with Gasteiger partial charge in [-0.3, -0.25) is 9.59 Å². The highest BCUT2D eigenvalue weighted by Gasteiger charge is 2.36. The Morgan fingerprint density at radius 2 is 1.91 bits per heavy atom. The van der Waals surface area contributed by atoms with Crippen LogP contribution in [0.15, 0.2) is 22.6 Å². The fraction of sp³-hybridized carbons (Fsp3) is 0.529. The Hall–Kier alpha value is -2.08. The lowest BCUT2D eigenvalue weighted by molar-refractivity contribution is -0.139. The van der Waals surface area contributed by atoms with Gasteiger partial charge in [-0.2, -0.15) is 0 Å². The zero-order valence-electron chi connectivity index (χ0n) is 13.3. The molecule has 2 amide bonds. The number of hydrogen-bond acceptors (Lipinski definition) is 4. The lowest BCUT2D eigenvalue weighted by Crippen LogP contribution is -2.50. The third-order valence-electron chi connectivity index (χ3n) is 4.59. The third kappa shape index (κ3) is 3.64. The maximum absolute atomic E-state index is 12.2. The van der Waals surface area contributed by atoms with Gasteiger partial charge in [-0.15, -0.1) is 0 Å². The number of rotatable bonds is 4. The number of furan rings is 1. The summed E-state index contributed by atoms with van der Waals surface area (Å²) in [5.74, 6) is 2.55. The van der Waals surface area contributed by atoms with Crippen LogP contribution in [0.1, 0.15) is 30.8 Å². The predicted octanol–water partition coefficient (Wildman–Crippen LogP) is 1.08. The maximum atomic E-state index is 12.2. The van der Waals surface area contributed by atoms with Gasteiger partial charge in [-0.1, -0.05) is 6.92 Å². The van der Waals surface area contributed by atoms with Gasteiger partial charge in [0.05, 0.1) is 0 Å². The number of aliphatic hydroxyl groups is 1. The summed E-state index contributed by atoms with van der Waals surface area (Å²) >= 11 is 0. The molecule has 0 radical (unpaired) electrons. The number of carbonyl (C=O) groups is 2.